The van der Waals surface area contributed by atoms with Crippen LogP contribution in [0.5, 0.6) is 0 Å². The standard InChI is InChI=1S/C28H31Cl2N3O4S/c1-4-25(28(35)31-5-2)32(18-21-10-6-7-11-23(21)29)27(34)19-33(26-13-9-8-12-24(26)30)38(36,37)22-16-14-20(3)15-17-22/h6-17,25H,4-5,18-19H2,1-3H3,(H,31,35). The molecule has 0 bridgehead atoms. The number of nitrogens with zero attached hydrogens (tertiary/aromatic N) is 2. The minimum absolute atomic E-state index is 0.0178. The summed E-state index contributed by atoms with van der Waals surface area (Å²) in [4.78, 5) is 28.3. The number of carbonyl (C=O) groups excluding carboxylic acids is 2. The van der Waals surface area contributed by atoms with E-state index < -0.39 is 28.5 Å². The van der Waals surface area contributed by atoms with E-state index in [9.17, 15) is 18.0 Å². The molecule has 3 rings (SSSR count). The molecule has 202 valence electrons. The zero-order chi connectivity index (χ0) is 27.9. The maximum atomic E-state index is 13.9. The van der Waals surface area contributed by atoms with Crippen molar-refractivity contribution in [2.45, 2.75) is 44.7 Å². The van der Waals surface area contributed by atoms with Gasteiger partial charge in [0.05, 0.1) is 15.6 Å². The van der Waals surface area contributed by atoms with Gasteiger partial charge < -0.3 is 10.2 Å². The van der Waals surface area contributed by atoms with Gasteiger partial charge in [-0.2, -0.15) is 0 Å². The largest absolute Gasteiger partial charge is 0.355 e. The number of halogens is 2. The number of para-hydroxylation sites is 1. The molecule has 0 aliphatic carbocycles. The quantitative estimate of drug-likeness (QED) is 0.330. The summed E-state index contributed by atoms with van der Waals surface area (Å²) in [6, 6.07) is 19.0. The van der Waals surface area contributed by atoms with Gasteiger partial charge in [0.2, 0.25) is 11.8 Å². The molecule has 1 atom stereocenters. The van der Waals surface area contributed by atoms with Gasteiger partial charge in [0.15, 0.2) is 0 Å². The third-order valence-electron chi connectivity index (χ3n) is 6.04. The van der Waals surface area contributed by atoms with E-state index in [1.165, 1.54) is 17.0 Å². The maximum absolute atomic E-state index is 13.9. The minimum Gasteiger partial charge on any atom is -0.355 e. The molecule has 0 saturated carbocycles. The monoisotopic (exact) mass is 575 g/mol. The Bertz CT molecular complexity index is 1380. The van der Waals surface area contributed by atoms with Gasteiger partial charge in [-0.25, -0.2) is 8.42 Å². The molecule has 0 saturated heterocycles. The molecule has 38 heavy (non-hydrogen) atoms. The second kappa shape index (κ2) is 13.1. The van der Waals surface area contributed by atoms with Crippen LogP contribution in [0.2, 0.25) is 10.0 Å². The smallest absolute Gasteiger partial charge is 0.264 e. The van der Waals surface area contributed by atoms with Crippen molar-refractivity contribution in [2.75, 3.05) is 17.4 Å². The molecule has 2 amide bonds. The van der Waals surface area contributed by atoms with E-state index in [2.05, 4.69) is 5.32 Å². The highest BCUT2D eigenvalue weighted by atomic mass is 35.5. The number of amides is 2. The summed E-state index contributed by atoms with van der Waals surface area (Å²) in [5.41, 5.74) is 1.69. The molecule has 0 heterocycles. The van der Waals surface area contributed by atoms with E-state index in [0.717, 1.165) is 9.87 Å². The number of nitrogens with one attached hydrogen (secondary N) is 1. The van der Waals surface area contributed by atoms with Crippen molar-refractivity contribution in [1.82, 2.24) is 10.2 Å². The Morgan fingerprint density at radius 3 is 2.08 bits per heavy atom. The first kappa shape index (κ1) is 29.5. The maximum Gasteiger partial charge on any atom is 0.264 e. The summed E-state index contributed by atoms with van der Waals surface area (Å²) in [6.45, 7) is 5.27. The molecule has 7 nitrogen and oxygen atoms in total. The summed E-state index contributed by atoms with van der Waals surface area (Å²) >= 11 is 12.8. The summed E-state index contributed by atoms with van der Waals surface area (Å²) in [5.74, 6) is -0.903. The summed E-state index contributed by atoms with van der Waals surface area (Å²) in [7, 11) is -4.19. The fraction of sp³-hybridized carbons (Fsp3) is 0.286. The molecule has 1 unspecified atom stereocenters. The van der Waals surface area contributed by atoms with Crippen LogP contribution in [0.1, 0.15) is 31.4 Å². The topological polar surface area (TPSA) is 86.8 Å². The highest BCUT2D eigenvalue weighted by Gasteiger charge is 2.34. The van der Waals surface area contributed by atoms with Crippen LogP contribution in [0.4, 0.5) is 5.69 Å². The van der Waals surface area contributed by atoms with E-state index in [1.54, 1.807) is 74.5 Å². The van der Waals surface area contributed by atoms with Crippen LogP contribution in [-0.4, -0.2) is 44.3 Å². The van der Waals surface area contributed by atoms with Crippen LogP contribution in [0.25, 0.3) is 0 Å². The zero-order valence-electron chi connectivity index (χ0n) is 21.5. The van der Waals surface area contributed by atoms with Gasteiger partial charge in [0.1, 0.15) is 12.6 Å². The fourth-order valence-corrected chi connectivity index (χ4v) is 5.94. The average molecular weight is 577 g/mol. The Morgan fingerprint density at radius 2 is 1.50 bits per heavy atom. The van der Waals surface area contributed by atoms with Crippen LogP contribution in [-0.2, 0) is 26.2 Å². The Kier molecular flexibility index (Phi) is 10.2. The van der Waals surface area contributed by atoms with Crippen molar-refractivity contribution in [3.63, 3.8) is 0 Å². The molecule has 0 spiro atoms. The van der Waals surface area contributed by atoms with Gasteiger partial charge in [0.25, 0.3) is 10.0 Å². The lowest BCUT2D eigenvalue weighted by molar-refractivity contribution is -0.140. The number of likely N-dealkylation sites (N-methyl/N-ethyl adjacent to an activating group) is 1. The van der Waals surface area contributed by atoms with Crippen LogP contribution in [0, 0.1) is 6.92 Å². The fourth-order valence-electron chi connectivity index (χ4n) is 4.03. The number of hydrogen-bond acceptors (Lipinski definition) is 4. The number of anilines is 1. The Morgan fingerprint density at radius 1 is 0.895 bits per heavy atom. The molecular formula is C28H31Cl2N3O4S. The van der Waals surface area contributed by atoms with Crippen molar-refractivity contribution in [2.24, 2.45) is 0 Å². The molecule has 1 N–H and O–H groups in total. The Labute approximate surface area is 234 Å². The molecule has 3 aromatic carbocycles. The zero-order valence-corrected chi connectivity index (χ0v) is 23.9. The number of carbonyl (C=O) groups is 2. The van der Waals surface area contributed by atoms with Crippen molar-refractivity contribution < 1.29 is 18.0 Å². The SMILES string of the molecule is CCNC(=O)C(CC)N(Cc1ccccc1Cl)C(=O)CN(c1ccccc1Cl)S(=O)(=O)c1ccc(C)cc1. The third-order valence-corrected chi connectivity index (χ3v) is 8.51. The highest BCUT2D eigenvalue weighted by molar-refractivity contribution is 7.92. The van der Waals surface area contributed by atoms with Gasteiger partial charge in [-0.3, -0.25) is 13.9 Å². The number of aryl methyl sites for hydroxylation is 1. The van der Waals surface area contributed by atoms with Crippen LogP contribution in [0.15, 0.2) is 77.7 Å². The third kappa shape index (κ3) is 6.87. The summed E-state index contributed by atoms with van der Waals surface area (Å²) < 4.78 is 28.7. The van der Waals surface area contributed by atoms with Crippen molar-refractivity contribution >= 4 is 50.7 Å². The summed E-state index contributed by atoms with van der Waals surface area (Å²) in [5, 5.41) is 3.38. The van der Waals surface area contributed by atoms with Gasteiger partial charge in [-0.1, -0.05) is 78.2 Å². The van der Waals surface area contributed by atoms with Gasteiger partial charge in [0, 0.05) is 18.1 Å². The second-order valence-corrected chi connectivity index (χ2v) is 11.4. The summed E-state index contributed by atoms with van der Waals surface area (Å²) in [6.07, 6.45) is 0.318. The van der Waals surface area contributed by atoms with Crippen molar-refractivity contribution in [3.05, 3.63) is 94.0 Å². The van der Waals surface area contributed by atoms with Gasteiger partial charge in [-0.15, -0.1) is 0 Å². The van der Waals surface area contributed by atoms with E-state index in [1.807, 2.05) is 6.92 Å². The van der Waals surface area contributed by atoms with E-state index >= 15 is 0 Å². The van der Waals surface area contributed by atoms with Gasteiger partial charge >= 0.3 is 0 Å². The van der Waals surface area contributed by atoms with E-state index in [-0.39, 0.29) is 28.1 Å². The molecule has 0 radical (unpaired) electrons. The highest BCUT2D eigenvalue weighted by Crippen LogP contribution is 2.31. The molecule has 3 aromatic rings. The lowest BCUT2D eigenvalue weighted by Gasteiger charge is -2.33. The van der Waals surface area contributed by atoms with E-state index in [4.69, 9.17) is 23.2 Å². The number of sulfonamides is 1. The average Bonchev–Trinajstić information content (AvgIpc) is 2.89. The Hall–Kier alpha value is -3.07. The van der Waals surface area contributed by atoms with Gasteiger partial charge in [-0.05, 0) is 56.2 Å². The first-order chi connectivity index (χ1) is 18.1. The number of hydrogen-bond donors (Lipinski definition) is 1. The Balaban J connectivity index is 2.08. The minimum atomic E-state index is -4.19. The number of benzene rings is 3. The van der Waals surface area contributed by atoms with Crippen LogP contribution in [0.3, 0.4) is 0 Å². The number of rotatable bonds is 11. The normalized spacial score (nSPS) is 12.0. The molecular weight excluding hydrogens is 545 g/mol. The van der Waals surface area contributed by atoms with E-state index in [0.29, 0.717) is 23.6 Å². The lowest BCUT2D eigenvalue weighted by atomic mass is 10.1. The molecule has 0 aliphatic heterocycles. The second-order valence-electron chi connectivity index (χ2n) is 8.71. The lowest BCUT2D eigenvalue weighted by Crippen LogP contribution is -2.52. The molecule has 0 aliphatic rings. The van der Waals surface area contributed by atoms with Crippen molar-refractivity contribution in [1.29, 1.82) is 0 Å². The van der Waals surface area contributed by atoms with Crippen LogP contribution < -0.4 is 9.62 Å². The first-order valence-corrected chi connectivity index (χ1v) is 14.4. The van der Waals surface area contributed by atoms with Crippen molar-refractivity contribution in [3.8, 4) is 0 Å². The predicted molar refractivity (Wildman–Crippen MR) is 152 cm³/mol. The molecule has 0 fully saturated rings. The first-order valence-electron chi connectivity index (χ1n) is 12.2. The predicted octanol–water partition coefficient (Wildman–Crippen LogP) is 5.44. The van der Waals surface area contributed by atoms with Crippen LogP contribution >= 0.6 is 23.2 Å². The molecule has 10 heteroatoms. The molecule has 0 aromatic heterocycles.